The van der Waals surface area contributed by atoms with Crippen molar-refractivity contribution >= 4 is 34.2 Å². The smallest absolute Gasteiger partial charge is 0.204 e. The second-order valence-corrected chi connectivity index (χ2v) is 10.9. The van der Waals surface area contributed by atoms with E-state index >= 15 is 0 Å². The largest absolute Gasteiger partial charge is 0.370 e. The van der Waals surface area contributed by atoms with E-state index in [0.29, 0.717) is 17.8 Å². The molecule has 1 N–H and O–H groups in total. The van der Waals surface area contributed by atoms with Crippen molar-refractivity contribution in [2.75, 3.05) is 41.3 Å². The van der Waals surface area contributed by atoms with Gasteiger partial charge in [-0.1, -0.05) is 0 Å². The number of anilines is 3. The average Bonchev–Trinajstić information content (AvgIpc) is 2.93. The van der Waals surface area contributed by atoms with E-state index in [1.807, 2.05) is 18.2 Å². The fourth-order valence-electron chi connectivity index (χ4n) is 5.57. The number of benzene rings is 2. The van der Waals surface area contributed by atoms with Gasteiger partial charge in [0.05, 0.1) is 22.8 Å². The van der Waals surface area contributed by atoms with Crippen molar-refractivity contribution in [3.63, 3.8) is 0 Å². The third-order valence-corrected chi connectivity index (χ3v) is 7.61. The Labute approximate surface area is 235 Å². The second-order valence-electron chi connectivity index (χ2n) is 10.9. The van der Waals surface area contributed by atoms with Crippen molar-refractivity contribution in [2.24, 2.45) is 4.99 Å². The summed E-state index contributed by atoms with van der Waals surface area (Å²) in [5, 5.41) is 3.37. The fourth-order valence-corrected chi connectivity index (χ4v) is 5.57. The highest BCUT2D eigenvalue weighted by atomic mass is 16.1. The number of ketones is 1. The molecular weight excluding hydrogens is 482 g/mol. The maximum absolute atomic E-state index is 13.3. The lowest BCUT2D eigenvalue weighted by Crippen LogP contribution is -2.35. The number of aliphatic imine (C=N–C) groups is 1. The Morgan fingerprint density at radius 1 is 0.795 bits per heavy atom. The van der Waals surface area contributed by atoms with Crippen LogP contribution in [0.4, 0.5) is 22.7 Å². The first-order valence-corrected chi connectivity index (χ1v) is 14.6. The van der Waals surface area contributed by atoms with Crippen LogP contribution in [-0.2, 0) is 4.79 Å². The van der Waals surface area contributed by atoms with Crippen LogP contribution >= 0.6 is 0 Å². The molecule has 39 heavy (non-hydrogen) atoms. The maximum atomic E-state index is 13.3. The number of likely N-dealkylation sites (tertiary alicyclic amines) is 1. The van der Waals surface area contributed by atoms with E-state index in [4.69, 9.17) is 4.99 Å². The van der Waals surface area contributed by atoms with Crippen LogP contribution in [0.2, 0.25) is 0 Å². The number of carbonyl (C=O) groups excluding carboxylic acids is 1. The van der Waals surface area contributed by atoms with Gasteiger partial charge in [-0.05, 0) is 115 Å². The van der Waals surface area contributed by atoms with E-state index in [0.717, 1.165) is 61.8 Å². The summed E-state index contributed by atoms with van der Waals surface area (Å²) in [7, 11) is 0. The first kappa shape index (κ1) is 28.5. The predicted molar refractivity (Wildman–Crippen MR) is 167 cm³/mol. The Bertz CT molecular complexity index is 1200. The van der Waals surface area contributed by atoms with Crippen LogP contribution in [0.15, 0.2) is 77.1 Å². The van der Waals surface area contributed by atoms with E-state index < -0.39 is 0 Å². The molecule has 0 radical (unpaired) electrons. The Kier molecular flexibility index (Phi) is 9.50. The van der Waals surface area contributed by atoms with Gasteiger partial charge in [0.1, 0.15) is 0 Å². The number of allylic oxidation sites excluding steroid dienone is 2. The third-order valence-electron chi connectivity index (χ3n) is 7.61. The minimum absolute atomic E-state index is 0.0122. The van der Waals surface area contributed by atoms with Gasteiger partial charge in [0.25, 0.3) is 0 Å². The van der Waals surface area contributed by atoms with Crippen molar-refractivity contribution in [1.82, 2.24) is 4.90 Å². The second kappa shape index (κ2) is 13.0. The number of hydrogen-bond acceptors (Lipinski definition) is 6. The van der Waals surface area contributed by atoms with Crippen LogP contribution in [0.3, 0.4) is 0 Å². The van der Waals surface area contributed by atoms with E-state index in [9.17, 15) is 4.79 Å². The van der Waals surface area contributed by atoms with Crippen LogP contribution in [0.1, 0.15) is 60.8 Å². The minimum atomic E-state index is -0.0122. The molecule has 2 aromatic rings. The van der Waals surface area contributed by atoms with Crippen LogP contribution in [0.5, 0.6) is 0 Å². The quantitative estimate of drug-likeness (QED) is 0.332. The first-order valence-electron chi connectivity index (χ1n) is 14.6. The lowest BCUT2D eigenvalue weighted by Gasteiger charge is -2.32. The lowest BCUT2D eigenvalue weighted by molar-refractivity contribution is -0.111. The molecule has 0 aromatic heterocycles. The van der Waals surface area contributed by atoms with E-state index in [-0.39, 0.29) is 5.78 Å². The monoisotopic (exact) mass is 527 g/mol. The van der Waals surface area contributed by atoms with E-state index in [1.54, 1.807) is 6.08 Å². The Morgan fingerprint density at radius 3 is 1.85 bits per heavy atom. The molecule has 1 aliphatic heterocycles. The Hall–Kier alpha value is -3.54. The summed E-state index contributed by atoms with van der Waals surface area (Å²) < 4.78 is 0. The number of nitrogens with one attached hydrogen (secondary N) is 1. The fraction of sp³-hybridized carbons (Fsp3) is 0.455. The van der Waals surface area contributed by atoms with Gasteiger partial charge in [0.2, 0.25) is 5.78 Å². The van der Waals surface area contributed by atoms with Gasteiger partial charge in [0, 0.05) is 61.4 Å². The summed E-state index contributed by atoms with van der Waals surface area (Å²) in [5.74, 6) is -0.0122. The first-order chi connectivity index (χ1) is 18.8. The van der Waals surface area contributed by atoms with Crippen molar-refractivity contribution < 1.29 is 4.79 Å². The average molecular weight is 528 g/mol. The molecule has 1 aliphatic carbocycles. The Morgan fingerprint density at radius 2 is 1.33 bits per heavy atom. The summed E-state index contributed by atoms with van der Waals surface area (Å²) in [4.78, 5) is 25.4. The van der Waals surface area contributed by atoms with Crippen LogP contribution in [0.25, 0.3) is 0 Å². The SMILES string of the molecule is CCN(c1ccc(/N=C2\C=C(Nc3ccc(N(CC)C(C)C)cc3)C(=O)C=C2N2CCCCC2)cc1)C(C)C. The number of piperidine rings is 1. The maximum Gasteiger partial charge on any atom is 0.204 e. The zero-order valence-electron chi connectivity index (χ0n) is 24.6. The molecule has 0 atom stereocenters. The molecule has 4 rings (SSSR count). The molecule has 0 saturated carbocycles. The van der Waals surface area contributed by atoms with Crippen molar-refractivity contribution in [3.8, 4) is 0 Å². The molecule has 6 heteroatoms. The molecule has 2 aliphatic rings. The van der Waals surface area contributed by atoms with Crippen LogP contribution in [0, 0.1) is 0 Å². The molecule has 1 fully saturated rings. The molecule has 6 nitrogen and oxygen atoms in total. The van der Waals surface area contributed by atoms with Gasteiger partial charge in [-0.3, -0.25) is 4.79 Å². The van der Waals surface area contributed by atoms with Gasteiger partial charge in [-0.15, -0.1) is 0 Å². The van der Waals surface area contributed by atoms with Crippen molar-refractivity contribution in [2.45, 2.75) is 72.9 Å². The highest BCUT2D eigenvalue weighted by Crippen LogP contribution is 2.27. The summed E-state index contributed by atoms with van der Waals surface area (Å²) >= 11 is 0. The molecule has 1 heterocycles. The number of hydrogen-bond donors (Lipinski definition) is 1. The standard InChI is InChI=1S/C33H45N5O/c1-7-37(24(3)4)28-16-12-26(13-17-28)34-30-22-31(33(39)23-32(30)36-20-10-9-11-21-36)35-27-14-18-29(19-15-27)38(8-2)25(5)6/h12-19,22-25,35H,7-11,20-21H2,1-6H3/b34-30+. The normalized spacial score (nSPS) is 17.0. The van der Waals surface area contributed by atoms with Gasteiger partial charge >= 0.3 is 0 Å². The highest BCUT2D eigenvalue weighted by molar-refractivity contribution is 6.23. The molecule has 0 bridgehead atoms. The lowest BCUT2D eigenvalue weighted by atomic mass is 10.0. The molecule has 0 spiro atoms. The number of carbonyl (C=O) groups is 1. The summed E-state index contributed by atoms with van der Waals surface area (Å²) in [6.07, 6.45) is 7.21. The predicted octanol–water partition coefficient (Wildman–Crippen LogP) is 7.18. The summed E-state index contributed by atoms with van der Waals surface area (Å²) in [6.45, 7) is 17.0. The van der Waals surface area contributed by atoms with Crippen molar-refractivity contribution in [3.05, 3.63) is 72.1 Å². The minimum Gasteiger partial charge on any atom is -0.370 e. The molecule has 0 unspecified atom stereocenters. The van der Waals surface area contributed by atoms with Crippen LogP contribution in [-0.4, -0.2) is 54.7 Å². The summed E-state index contributed by atoms with van der Waals surface area (Å²) in [6, 6.07) is 17.6. The van der Waals surface area contributed by atoms with Gasteiger partial charge in [-0.25, -0.2) is 4.99 Å². The highest BCUT2D eigenvalue weighted by Gasteiger charge is 2.25. The van der Waals surface area contributed by atoms with Gasteiger partial charge < -0.3 is 20.0 Å². The third kappa shape index (κ3) is 6.92. The number of nitrogens with zero attached hydrogens (tertiary/aromatic N) is 4. The topological polar surface area (TPSA) is 51.2 Å². The number of rotatable bonds is 10. The van der Waals surface area contributed by atoms with Crippen LogP contribution < -0.4 is 15.1 Å². The molecule has 208 valence electrons. The zero-order valence-corrected chi connectivity index (χ0v) is 24.6. The molecular formula is C33H45N5O. The Balaban J connectivity index is 1.62. The van der Waals surface area contributed by atoms with Gasteiger partial charge in [0.15, 0.2) is 0 Å². The summed E-state index contributed by atoms with van der Waals surface area (Å²) in [5.41, 5.74) is 6.46. The molecule has 2 aromatic carbocycles. The van der Waals surface area contributed by atoms with E-state index in [2.05, 4.69) is 98.0 Å². The van der Waals surface area contributed by atoms with Crippen molar-refractivity contribution in [1.29, 1.82) is 0 Å². The van der Waals surface area contributed by atoms with Gasteiger partial charge in [-0.2, -0.15) is 0 Å². The molecule has 0 amide bonds. The zero-order chi connectivity index (χ0) is 27.9. The molecule has 1 saturated heterocycles. The van der Waals surface area contributed by atoms with E-state index in [1.165, 1.54) is 17.8 Å².